The van der Waals surface area contributed by atoms with Crippen molar-refractivity contribution in [2.45, 2.75) is 6.92 Å². The molecular formula is C13H20N2O2. The Morgan fingerprint density at radius 2 is 1.76 bits per heavy atom. The number of likely N-dealkylation sites (N-methyl/N-ethyl adjacent to an activating group) is 1. The fourth-order valence-corrected chi connectivity index (χ4v) is 1.47. The van der Waals surface area contributed by atoms with Crippen LogP contribution < -0.4 is 5.32 Å². The SMILES string of the molecule is CN1CCNCC1.Cc1ccc(C(=O)O)cc1. The van der Waals surface area contributed by atoms with Crippen molar-refractivity contribution < 1.29 is 9.90 Å². The maximum atomic E-state index is 10.3. The molecule has 0 aromatic heterocycles. The van der Waals surface area contributed by atoms with E-state index in [-0.39, 0.29) is 0 Å². The molecule has 1 aromatic rings. The summed E-state index contributed by atoms with van der Waals surface area (Å²) in [6.07, 6.45) is 0. The van der Waals surface area contributed by atoms with Gasteiger partial charge in [0.25, 0.3) is 0 Å². The zero-order valence-corrected chi connectivity index (χ0v) is 10.4. The van der Waals surface area contributed by atoms with Crippen LogP contribution in [-0.4, -0.2) is 49.2 Å². The Morgan fingerprint density at radius 1 is 1.24 bits per heavy atom. The normalized spacial score (nSPS) is 15.9. The van der Waals surface area contributed by atoms with E-state index in [1.807, 2.05) is 6.92 Å². The van der Waals surface area contributed by atoms with Gasteiger partial charge in [0.15, 0.2) is 0 Å². The van der Waals surface area contributed by atoms with Crippen LogP contribution in [0.5, 0.6) is 0 Å². The second-order valence-corrected chi connectivity index (χ2v) is 4.22. The van der Waals surface area contributed by atoms with Gasteiger partial charge < -0.3 is 15.3 Å². The number of nitrogens with one attached hydrogen (secondary N) is 1. The summed E-state index contributed by atoms with van der Waals surface area (Å²) in [6, 6.07) is 6.75. The van der Waals surface area contributed by atoms with E-state index < -0.39 is 5.97 Å². The smallest absolute Gasteiger partial charge is 0.335 e. The van der Waals surface area contributed by atoms with Crippen molar-refractivity contribution in [1.29, 1.82) is 0 Å². The third kappa shape index (κ3) is 5.47. The molecule has 1 aromatic carbocycles. The lowest BCUT2D eigenvalue weighted by molar-refractivity contribution is 0.0697. The van der Waals surface area contributed by atoms with E-state index in [9.17, 15) is 4.79 Å². The Hall–Kier alpha value is -1.39. The van der Waals surface area contributed by atoms with E-state index >= 15 is 0 Å². The van der Waals surface area contributed by atoms with Crippen molar-refractivity contribution in [3.8, 4) is 0 Å². The molecule has 2 rings (SSSR count). The van der Waals surface area contributed by atoms with Crippen molar-refractivity contribution >= 4 is 5.97 Å². The molecule has 1 fully saturated rings. The van der Waals surface area contributed by atoms with E-state index in [0.717, 1.165) is 18.7 Å². The molecule has 1 aliphatic heterocycles. The number of carbonyl (C=O) groups is 1. The Bertz CT molecular complexity index is 343. The lowest BCUT2D eigenvalue weighted by Crippen LogP contribution is -2.40. The van der Waals surface area contributed by atoms with Gasteiger partial charge >= 0.3 is 5.97 Å². The minimum absolute atomic E-state index is 0.339. The van der Waals surface area contributed by atoms with Gasteiger partial charge in [-0.25, -0.2) is 4.79 Å². The number of carboxylic acids is 1. The molecule has 1 heterocycles. The maximum absolute atomic E-state index is 10.3. The summed E-state index contributed by atoms with van der Waals surface area (Å²) in [6.45, 7) is 6.67. The molecule has 4 heteroatoms. The fourth-order valence-electron chi connectivity index (χ4n) is 1.47. The monoisotopic (exact) mass is 236 g/mol. The summed E-state index contributed by atoms with van der Waals surface area (Å²) in [5.74, 6) is -0.875. The highest BCUT2D eigenvalue weighted by Crippen LogP contribution is 2.01. The Kier molecular flexibility index (Phi) is 5.66. The quantitative estimate of drug-likeness (QED) is 0.769. The second-order valence-electron chi connectivity index (χ2n) is 4.22. The van der Waals surface area contributed by atoms with Crippen molar-refractivity contribution in [2.24, 2.45) is 0 Å². The Morgan fingerprint density at radius 3 is 2.12 bits per heavy atom. The maximum Gasteiger partial charge on any atom is 0.335 e. The molecule has 1 aliphatic rings. The summed E-state index contributed by atoms with van der Waals surface area (Å²) in [4.78, 5) is 12.6. The van der Waals surface area contributed by atoms with Crippen LogP contribution in [0.25, 0.3) is 0 Å². The number of benzene rings is 1. The van der Waals surface area contributed by atoms with Crippen LogP contribution in [0, 0.1) is 6.92 Å². The number of aromatic carboxylic acids is 1. The molecule has 0 unspecified atom stereocenters. The van der Waals surface area contributed by atoms with Crippen LogP contribution in [0.1, 0.15) is 15.9 Å². The van der Waals surface area contributed by atoms with Gasteiger partial charge in [-0.2, -0.15) is 0 Å². The van der Waals surface area contributed by atoms with Crippen molar-refractivity contribution in [3.63, 3.8) is 0 Å². The van der Waals surface area contributed by atoms with Crippen LogP contribution in [0.15, 0.2) is 24.3 Å². The standard InChI is InChI=1S/C8H8O2.C5H12N2/c1-6-2-4-7(5-3-6)8(9)10;1-7-4-2-6-3-5-7/h2-5H,1H3,(H,9,10);6H,2-5H2,1H3. The zero-order chi connectivity index (χ0) is 12.7. The van der Waals surface area contributed by atoms with Crippen LogP contribution in [0.3, 0.4) is 0 Å². The zero-order valence-electron chi connectivity index (χ0n) is 10.4. The highest BCUT2D eigenvalue weighted by atomic mass is 16.4. The molecule has 0 spiro atoms. The molecule has 0 radical (unpaired) electrons. The van der Waals surface area contributed by atoms with E-state index in [1.54, 1.807) is 24.3 Å². The lowest BCUT2D eigenvalue weighted by Gasteiger charge is -2.21. The molecule has 17 heavy (non-hydrogen) atoms. The number of hydrogen-bond acceptors (Lipinski definition) is 3. The molecule has 1 saturated heterocycles. The van der Waals surface area contributed by atoms with Gasteiger partial charge in [0, 0.05) is 26.2 Å². The summed E-state index contributed by atoms with van der Waals surface area (Å²) >= 11 is 0. The summed E-state index contributed by atoms with van der Waals surface area (Å²) in [7, 11) is 2.15. The first-order valence-corrected chi connectivity index (χ1v) is 5.79. The number of aryl methyl sites for hydroxylation is 1. The highest BCUT2D eigenvalue weighted by Gasteiger charge is 2.01. The summed E-state index contributed by atoms with van der Waals surface area (Å²) < 4.78 is 0. The minimum Gasteiger partial charge on any atom is -0.478 e. The largest absolute Gasteiger partial charge is 0.478 e. The van der Waals surface area contributed by atoms with E-state index in [2.05, 4.69) is 17.3 Å². The first-order chi connectivity index (χ1) is 8.09. The fraction of sp³-hybridized carbons (Fsp3) is 0.462. The van der Waals surface area contributed by atoms with Crippen LogP contribution in [0.4, 0.5) is 0 Å². The molecule has 2 N–H and O–H groups in total. The molecule has 94 valence electrons. The molecule has 0 amide bonds. The van der Waals surface area contributed by atoms with Crippen molar-refractivity contribution in [2.75, 3.05) is 33.2 Å². The molecule has 0 saturated carbocycles. The van der Waals surface area contributed by atoms with E-state index in [1.165, 1.54) is 13.1 Å². The van der Waals surface area contributed by atoms with Gasteiger partial charge in [-0.05, 0) is 26.1 Å². The number of carboxylic acid groups (broad SMARTS) is 1. The minimum atomic E-state index is -0.875. The van der Waals surface area contributed by atoms with Crippen LogP contribution >= 0.6 is 0 Å². The summed E-state index contributed by atoms with van der Waals surface area (Å²) in [5, 5.41) is 11.7. The third-order valence-corrected chi connectivity index (χ3v) is 2.64. The lowest BCUT2D eigenvalue weighted by atomic mass is 10.2. The van der Waals surface area contributed by atoms with Gasteiger partial charge in [0.2, 0.25) is 0 Å². The highest BCUT2D eigenvalue weighted by molar-refractivity contribution is 5.87. The summed E-state index contributed by atoms with van der Waals surface area (Å²) in [5.41, 5.74) is 1.41. The molecule has 0 aliphatic carbocycles. The van der Waals surface area contributed by atoms with Gasteiger partial charge in [-0.1, -0.05) is 17.7 Å². The molecule has 0 atom stereocenters. The van der Waals surface area contributed by atoms with Crippen LogP contribution in [0.2, 0.25) is 0 Å². The van der Waals surface area contributed by atoms with Crippen LogP contribution in [-0.2, 0) is 0 Å². The van der Waals surface area contributed by atoms with Gasteiger partial charge in [-0.3, -0.25) is 0 Å². The second kappa shape index (κ2) is 7.04. The van der Waals surface area contributed by atoms with Gasteiger partial charge in [0.1, 0.15) is 0 Å². The number of rotatable bonds is 1. The predicted octanol–water partition coefficient (Wildman–Crippen LogP) is 1.21. The Balaban J connectivity index is 0.000000181. The first kappa shape index (κ1) is 13.7. The van der Waals surface area contributed by atoms with E-state index in [0.29, 0.717) is 5.56 Å². The van der Waals surface area contributed by atoms with Gasteiger partial charge in [-0.15, -0.1) is 0 Å². The molecular weight excluding hydrogens is 216 g/mol. The van der Waals surface area contributed by atoms with E-state index in [4.69, 9.17) is 5.11 Å². The van der Waals surface area contributed by atoms with Crippen molar-refractivity contribution in [3.05, 3.63) is 35.4 Å². The number of hydrogen-bond donors (Lipinski definition) is 2. The average Bonchev–Trinajstić information content (AvgIpc) is 2.31. The van der Waals surface area contributed by atoms with Crippen molar-refractivity contribution in [1.82, 2.24) is 10.2 Å². The van der Waals surface area contributed by atoms with Gasteiger partial charge in [0.05, 0.1) is 5.56 Å². The Labute approximate surface area is 102 Å². The predicted molar refractivity (Wildman–Crippen MR) is 68.5 cm³/mol. The number of piperazine rings is 1. The first-order valence-electron chi connectivity index (χ1n) is 5.79. The topological polar surface area (TPSA) is 52.6 Å². The number of nitrogens with zero attached hydrogens (tertiary/aromatic N) is 1. The average molecular weight is 236 g/mol. The third-order valence-electron chi connectivity index (χ3n) is 2.64. The molecule has 4 nitrogen and oxygen atoms in total. The molecule has 0 bridgehead atoms.